The molecule has 1 saturated carbocycles. The van der Waals surface area contributed by atoms with Gasteiger partial charge in [0, 0.05) is 30.1 Å². The van der Waals surface area contributed by atoms with Gasteiger partial charge in [-0.25, -0.2) is 0 Å². The highest BCUT2D eigenvalue weighted by Crippen LogP contribution is 2.50. The molecule has 0 bridgehead atoms. The summed E-state index contributed by atoms with van der Waals surface area (Å²) in [5.41, 5.74) is 6.78. The van der Waals surface area contributed by atoms with E-state index in [9.17, 15) is 15.2 Å². The van der Waals surface area contributed by atoms with Crippen molar-refractivity contribution in [2.75, 3.05) is 13.2 Å². The predicted octanol–water partition coefficient (Wildman–Crippen LogP) is 1.80. The third kappa shape index (κ3) is 2.11. The number of nitro groups is 1. The minimum Gasteiger partial charge on any atom is -0.396 e. The minimum atomic E-state index is -0.410. The van der Waals surface area contributed by atoms with Gasteiger partial charge in [0.05, 0.1) is 4.92 Å². The average molecular weight is 250 g/mol. The lowest BCUT2D eigenvalue weighted by Gasteiger charge is -2.46. The Morgan fingerprint density at radius 2 is 2.00 bits per heavy atom. The van der Waals surface area contributed by atoms with Crippen LogP contribution in [0.5, 0.6) is 0 Å². The van der Waals surface area contributed by atoms with Gasteiger partial charge in [-0.3, -0.25) is 10.1 Å². The van der Waals surface area contributed by atoms with Crippen molar-refractivity contribution in [3.8, 4) is 0 Å². The van der Waals surface area contributed by atoms with E-state index in [0.717, 1.165) is 24.8 Å². The maximum absolute atomic E-state index is 10.6. The highest BCUT2D eigenvalue weighted by molar-refractivity contribution is 5.35. The second-order valence-electron chi connectivity index (χ2n) is 5.01. The summed E-state index contributed by atoms with van der Waals surface area (Å²) in [5.74, 6) is 0.0806. The molecule has 1 unspecified atom stereocenters. The summed E-state index contributed by atoms with van der Waals surface area (Å²) < 4.78 is 0. The molecule has 1 aliphatic carbocycles. The Morgan fingerprint density at radius 3 is 2.33 bits per heavy atom. The molecule has 0 aliphatic heterocycles. The van der Waals surface area contributed by atoms with Crippen molar-refractivity contribution in [1.29, 1.82) is 0 Å². The van der Waals surface area contributed by atoms with Gasteiger partial charge in [-0.1, -0.05) is 18.6 Å². The molecule has 2 rings (SSSR count). The Balaban J connectivity index is 2.25. The highest BCUT2D eigenvalue weighted by Gasteiger charge is 2.43. The molecule has 18 heavy (non-hydrogen) atoms. The zero-order valence-corrected chi connectivity index (χ0v) is 10.2. The minimum absolute atomic E-state index is 0.0806. The summed E-state index contributed by atoms with van der Waals surface area (Å²) in [4.78, 5) is 10.2. The molecule has 1 atom stereocenters. The van der Waals surface area contributed by atoms with Crippen LogP contribution in [0, 0.1) is 15.5 Å². The standard InChI is InChI=1S/C13H18N2O3/c14-8-12(13(9-16)6-1-7-13)10-2-4-11(5-3-10)15(17)18/h2-5,12,16H,1,6-9,14H2. The molecular weight excluding hydrogens is 232 g/mol. The van der Waals surface area contributed by atoms with Crippen LogP contribution in [0.15, 0.2) is 24.3 Å². The van der Waals surface area contributed by atoms with E-state index in [4.69, 9.17) is 5.73 Å². The number of nitrogens with two attached hydrogens (primary N) is 1. The molecule has 0 saturated heterocycles. The van der Waals surface area contributed by atoms with Crippen LogP contribution in [-0.4, -0.2) is 23.2 Å². The van der Waals surface area contributed by atoms with Crippen molar-refractivity contribution in [1.82, 2.24) is 0 Å². The van der Waals surface area contributed by atoms with Crippen LogP contribution < -0.4 is 5.73 Å². The Hall–Kier alpha value is -1.46. The van der Waals surface area contributed by atoms with Gasteiger partial charge in [-0.15, -0.1) is 0 Å². The number of benzene rings is 1. The van der Waals surface area contributed by atoms with Crippen molar-refractivity contribution < 1.29 is 10.0 Å². The fraction of sp³-hybridized carbons (Fsp3) is 0.538. The molecule has 0 spiro atoms. The predicted molar refractivity (Wildman–Crippen MR) is 68.3 cm³/mol. The van der Waals surface area contributed by atoms with Crippen LogP contribution in [0.3, 0.4) is 0 Å². The summed E-state index contributed by atoms with van der Waals surface area (Å²) >= 11 is 0. The molecule has 0 radical (unpaired) electrons. The first kappa shape index (κ1) is 13.0. The van der Waals surface area contributed by atoms with Gasteiger partial charge in [0.2, 0.25) is 0 Å². The number of aliphatic hydroxyl groups is 1. The van der Waals surface area contributed by atoms with E-state index in [1.54, 1.807) is 12.1 Å². The van der Waals surface area contributed by atoms with Crippen LogP contribution in [0.25, 0.3) is 0 Å². The van der Waals surface area contributed by atoms with Crippen molar-refractivity contribution in [3.63, 3.8) is 0 Å². The Kier molecular flexibility index (Phi) is 3.63. The number of hydrogen-bond acceptors (Lipinski definition) is 4. The average Bonchev–Trinajstić information content (AvgIpc) is 2.34. The van der Waals surface area contributed by atoms with Crippen LogP contribution >= 0.6 is 0 Å². The van der Waals surface area contributed by atoms with E-state index < -0.39 is 4.92 Å². The lowest BCUT2D eigenvalue weighted by atomic mass is 9.60. The van der Waals surface area contributed by atoms with Gasteiger partial charge in [0.25, 0.3) is 5.69 Å². The zero-order chi connectivity index (χ0) is 13.2. The Morgan fingerprint density at radius 1 is 1.39 bits per heavy atom. The molecule has 3 N–H and O–H groups in total. The van der Waals surface area contributed by atoms with E-state index in [1.165, 1.54) is 12.1 Å². The highest BCUT2D eigenvalue weighted by atomic mass is 16.6. The molecule has 0 heterocycles. The van der Waals surface area contributed by atoms with Gasteiger partial charge >= 0.3 is 0 Å². The molecule has 1 aromatic carbocycles. The molecular formula is C13H18N2O3. The third-order valence-electron chi connectivity index (χ3n) is 4.15. The zero-order valence-electron chi connectivity index (χ0n) is 10.2. The van der Waals surface area contributed by atoms with Gasteiger partial charge in [-0.05, 0) is 24.9 Å². The first-order valence-corrected chi connectivity index (χ1v) is 6.18. The second-order valence-corrected chi connectivity index (χ2v) is 5.01. The SMILES string of the molecule is NCC(c1ccc([N+](=O)[O-])cc1)C1(CO)CCC1. The topological polar surface area (TPSA) is 89.4 Å². The lowest BCUT2D eigenvalue weighted by molar-refractivity contribution is -0.384. The van der Waals surface area contributed by atoms with Crippen LogP contribution in [0.4, 0.5) is 5.69 Å². The van der Waals surface area contributed by atoms with Crippen molar-refractivity contribution in [2.45, 2.75) is 25.2 Å². The molecule has 1 aromatic rings. The van der Waals surface area contributed by atoms with Crippen molar-refractivity contribution >= 4 is 5.69 Å². The number of non-ortho nitro benzene ring substituents is 1. The van der Waals surface area contributed by atoms with E-state index in [2.05, 4.69) is 0 Å². The van der Waals surface area contributed by atoms with Gasteiger partial charge in [0.15, 0.2) is 0 Å². The fourth-order valence-corrected chi connectivity index (χ4v) is 2.82. The summed E-state index contributed by atoms with van der Waals surface area (Å²) in [6.45, 7) is 0.588. The van der Waals surface area contributed by atoms with Crippen molar-refractivity contribution in [3.05, 3.63) is 39.9 Å². The molecule has 0 amide bonds. The van der Waals surface area contributed by atoms with E-state index in [1.807, 2.05) is 0 Å². The fourth-order valence-electron chi connectivity index (χ4n) is 2.82. The summed E-state index contributed by atoms with van der Waals surface area (Å²) in [6.07, 6.45) is 3.06. The van der Waals surface area contributed by atoms with Gasteiger partial charge < -0.3 is 10.8 Å². The normalized spacial score (nSPS) is 19.0. The van der Waals surface area contributed by atoms with Crippen LogP contribution in [0.2, 0.25) is 0 Å². The summed E-state index contributed by atoms with van der Waals surface area (Å²) in [5, 5.41) is 20.2. The molecule has 5 nitrogen and oxygen atoms in total. The van der Waals surface area contributed by atoms with Gasteiger partial charge in [-0.2, -0.15) is 0 Å². The molecule has 0 aromatic heterocycles. The first-order valence-electron chi connectivity index (χ1n) is 6.18. The Labute approximate surface area is 106 Å². The monoisotopic (exact) mass is 250 g/mol. The summed E-state index contributed by atoms with van der Waals surface area (Å²) in [6, 6.07) is 6.51. The number of rotatable bonds is 5. The number of aliphatic hydroxyl groups excluding tert-OH is 1. The number of nitrogens with zero attached hydrogens (tertiary/aromatic N) is 1. The smallest absolute Gasteiger partial charge is 0.269 e. The quantitative estimate of drug-likeness (QED) is 0.616. The lowest BCUT2D eigenvalue weighted by Crippen LogP contribution is -2.42. The molecule has 98 valence electrons. The van der Waals surface area contributed by atoms with Crippen molar-refractivity contribution in [2.24, 2.45) is 11.1 Å². The van der Waals surface area contributed by atoms with E-state index >= 15 is 0 Å². The van der Waals surface area contributed by atoms with Crippen LogP contribution in [-0.2, 0) is 0 Å². The number of nitro benzene ring substituents is 1. The number of hydrogen-bond donors (Lipinski definition) is 2. The van der Waals surface area contributed by atoms with Gasteiger partial charge in [0.1, 0.15) is 0 Å². The first-order chi connectivity index (χ1) is 8.63. The molecule has 5 heteroatoms. The van der Waals surface area contributed by atoms with Crippen LogP contribution in [0.1, 0.15) is 30.7 Å². The summed E-state index contributed by atoms with van der Waals surface area (Å²) in [7, 11) is 0. The van der Waals surface area contributed by atoms with E-state index in [-0.39, 0.29) is 23.6 Å². The third-order valence-corrected chi connectivity index (χ3v) is 4.15. The molecule has 1 aliphatic rings. The molecule has 1 fully saturated rings. The maximum atomic E-state index is 10.6. The Bertz CT molecular complexity index is 421. The van der Waals surface area contributed by atoms with E-state index in [0.29, 0.717) is 6.54 Å². The second kappa shape index (κ2) is 5.04. The maximum Gasteiger partial charge on any atom is 0.269 e. The largest absolute Gasteiger partial charge is 0.396 e.